The molecule has 0 bridgehead atoms. The van der Waals surface area contributed by atoms with Gasteiger partial charge in [0.2, 0.25) is 5.91 Å². The standard InChI is InChI=1S/C13H16BrN3O/c1-2-3-10(8-16)13(18)17-12-5-4-9(7-15)6-11(12)14/h4-6,10H,2-3,8,16H2,1H3,(H,17,18). The van der Waals surface area contributed by atoms with E-state index in [9.17, 15) is 4.79 Å². The Morgan fingerprint density at radius 3 is 2.83 bits per heavy atom. The highest BCUT2D eigenvalue weighted by molar-refractivity contribution is 9.10. The Balaban J connectivity index is 2.78. The van der Waals surface area contributed by atoms with Gasteiger partial charge in [-0.3, -0.25) is 4.79 Å². The summed E-state index contributed by atoms with van der Waals surface area (Å²) >= 11 is 3.33. The number of carbonyl (C=O) groups is 1. The average molecular weight is 310 g/mol. The van der Waals surface area contributed by atoms with Gasteiger partial charge < -0.3 is 11.1 Å². The number of nitrogens with one attached hydrogen (secondary N) is 1. The Labute approximate surface area is 115 Å². The number of nitrogens with zero attached hydrogens (tertiary/aromatic N) is 1. The Bertz CT molecular complexity index is 468. The lowest BCUT2D eigenvalue weighted by molar-refractivity contribution is -0.119. The van der Waals surface area contributed by atoms with Crippen LogP contribution in [-0.2, 0) is 4.79 Å². The van der Waals surface area contributed by atoms with Crippen LogP contribution < -0.4 is 11.1 Å². The van der Waals surface area contributed by atoms with Crippen molar-refractivity contribution >= 4 is 27.5 Å². The van der Waals surface area contributed by atoms with E-state index in [0.29, 0.717) is 22.3 Å². The Hall–Kier alpha value is -1.38. The van der Waals surface area contributed by atoms with Gasteiger partial charge in [-0.2, -0.15) is 5.26 Å². The van der Waals surface area contributed by atoms with Crippen molar-refractivity contribution in [3.63, 3.8) is 0 Å². The Morgan fingerprint density at radius 2 is 2.33 bits per heavy atom. The molecule has 0 spiro atoms. The van der Waals surface area contributed by atoms with Crippen LogP contribution in [0.3, 0.4) is 0 Å². The average Bonchev–Trinajstić information content (AvgIpc) is 2.38. The van der Waals surface area contributed by atoms with Gasteiger partial charge in [0.1, 0.15) is 0 Å². The third-order valence-electron chi connectivity index (χ3n) is 2.65. The number of rotatable bonds is 5. The van der Waals surface area contributed by atoms with Crippen LogP contribution in [-0.4, -0.2) is 12.5 Å². The summed E-state index contributed by atoms with van der Waals surface area (Å²) < 4.78 is 0.696. The molecule has 1 unspecified atom stereocenters. The topological polar surface area (TPSA) is 78.9 Å². The molecule has 4 nitrogen and oxygen atoms in total. The molecule has 0 heterocycles. The van der Waals surface area contributed by atoms with Crippen molar-refractivity contribution in [2.75, 3.05) is 11.9 Å². The van der Waals surface area contributed by atoms with Gasteiger partial charge >= 0.3 is 0 Å². The van der Waals surface area contributed by atoms with Crippen molar-refractivity contribution < 1.29 is 4.79 Å². The van der Waals surface area contributed by atoms with Gasteiger partial charge in [-0.05, 0) is 40.5 Å². The minimum absolute atomic E-state index is 0.0789. The summed E-state index contributed by atoms with van der Waals surface area (Å²) in [7, 11) is 0. The van der Waals surface area contributed by atoms with E-state index in [2.05, 4.69) is 21.2 Å². The second-order valence-corrected chi connectivity index (χ2v) is 4.87. The molecule has 96 valence electrons. The van der Waals surface area contributed by atoms with E-state index < -0.39 is 0 Å². The number of amides is 1. The first-order valence-electron chi connectivity index (χ1n) is 5.83. The van der Waals surface area contributed by atoms with Crippen LogP contribution in [0, 0.1) is 17.2 Å². The van der Waals surface area contributed by atoms with E-state index in [4.69, 9.17) is 11.0 Å². The van der Waals surface area contributed by atoms with Gasteiger partial charge in [0.15, 0.2) is 0 Å². The highest BCUT2D eigenvalue weighted by atomic mass is 79.9. The van der Waals surface area contributed by atoms with E-state index in [1.54, 1.807) is 18.2 Å². The first kappa shape index (κ1) is 14.7. The smallest absolute Gasteiger partial charge is 0.228 e. The molecule has 1 amide bonds. The van der Waals surface area contributed by atoms with Crippen LogP contribution in [0.2, 0.25) is 0 Å². The minimum atomic E-state index is -0.169. The zero-order valence-corrected chi connectivity index (χ0v) is 11.8. The molecule has 0 aliphatic carbocycles. The van der Waals surface area contributed by atoms with Crippen molar-refractivity contribution in [2.24, 2.45) is 11.7 Å². The first-order chi connectivity index (χ1) is 8.62. The highest BCUT2D eigenvalue weighted by Gasteiger charge is 2.16. The molecule has 18 heavy (non-hydrogen) atoms. The molecule has 0 aliphatic heterocycles. The molecule has 0 radical (unpaired) electrons. The fraction of sp³-hybridized carbons (Fsp3) is 0.385. The molecule has 1 aromatic carbocycles. The lowest BCUT2D eigenvalue weighted by Gasteiger charge is -2.14. The predicted octanol–water partition coefficient (Wildman–Crippen LogP) is 2.63. The second kappa shape index (κ2) is 7.14. The lowest BCUT2D eigenvalue weighted by atomic mass is 10.0. The summed E-state index contributed by atoms with van der Waals surface area (Å²) in [5, 5.41) is 11.6. The minimum Gasteiger partial charge on any atom is -0.330 e. The molecule has 5 heteroatoms. The molecule has 0 fully saturated rings. The van der Waals surface area contributed by atoms with Crippen molar-refractivity contribution in [1.82, 2.24) is 0 Å². The monoisotopic (exact) mass is 309 g/mol. The molecule has 0 saturated heterocycles. The number of nitrogens with two attached hydrogens (primary N) is 1. The summed E-state index contributed by atoms with van der Waals surface area (Å²) in [6.45, 7) is 2.36. The number of anilines is 1. The number of hydrogen-bond donors (Lipinski definition) is 2. The first-order valence-corrected chi connectivity index (χ1v) is 6.62. The summed E-state index contributed by atoms with van der Waals surface area (Å²) in [6.07, 6.45) is 1.69. The Kier molecular flexibility index (Phi) is 5.83. The number of benzene rings is 1. The van der Waals surface area contributed by atoms with Crippen LogP contribution in [0.15, 0.2) is 22.7 Å². The van der Waals surface area contributed by atoms with Crippen LogP contribution in [0.5, 0.6) is 0 Å². The molecule has 0 aliphatic rings. The van der Waals surface area contributed by atoms with Gasteiger partial charge in [-0.1, -0.05) is 13.3 Å². The number of nitriles is 1. The second-order valence-electron chi connectivity index (χ2n) is 4.02. The summed E-state index contributed by atoms with van der Waals surface area (Å²) in [6, 6.07) is 7.09. The number of carbonyl (C=O) groups excluding carboxylic acids is 1. The van der Waals surface area contributed by atoms with E-state index in [1.807, 2.05) is 13.0 Å². The SMILES string of the molecule is CCCC(CN)C(=O)Nc1ccc(C#N)cc1Br. The van der Waals surface area contributed by atoms with Gasteiger partial charge in [0, 0.05) is 11.0 Å². The molecular formula is C13H16BrN3O. The van der Waals surface area contributed by atoms with Crippen molar-refractivity contribution in [2.45, 2.75) is 19.8 Å². The van der Waals surface area contributed by atoms with Gasteiger partial charge in [0.25, 0.3) is 0 Å². The van der Waals surface area contributed by atoms with Crippen LogP contribution in [0.1, 0.15) is 25.3 Å². The quantitative estimate of drug-likeness (QED) is 0.877. The van der Waals surface area contributed by atoms with Crippen LogP contribution in [0.4, 0.5) is 5.69 Å². The zero-order chi connectivity index (χ0) is 13.5. The van der Waals surface area contributed by atoms with E-state index >= 15 is 0 Å². The molecule has 3 N–H and O–H groups in total. The van der Waals surface area contributed by atoms with Crippen molar-refractivity contribution in [3.8, 4) is 6.07 Å². The maximum absolute atomic E-state index is 12.0. The van der Waals surface area contributed by atoms with Gasteiger partial charge in [-0.15, -0.1) is 0 Å². The molecule has 1 atom stereocenters. The molecule has 0 saturated carbocycles. The molecule has 1 aromatic rings. The Morgan fingerprint density at radius 1 is 1.61 bits per heavy atom. The zero-order valence-electron chi connectivity index (χ0n) is 10.2. The van der Waals surface area contributed by atoms with Crippen molar-refractivity contribution in [3.05, 3.63) is 28.2 Å². The molecule has 0 aromatic heterocycles. The fourth-order valence-electron chi connectivity index (χ4n) is 1.63. The highest BCUT2D eigenvalue weighted by Crippen LogP contribution is 2.24. The lowest BCUT2D eigenvalue weighted by Crippen LogP contribution is -2.29. The van der Waals surface area contributed by atoms with E-state index in [1.165, 1.54) is 0 Å². The van der Waals surface area contributed by atoms with Crippen LogP contribution in [0.25, 0.3) is 0 Å². The maximum Gasteiger partial charge on any atom is 0.228 e. The van der Waals surface area contributed by atoms with Gasteiger partial charge in [0.05, 0.1) is 23.2 Å². The maximum atomic E-state index is 12.0. The third-order valence-corrected chi connectivity index (χ3v) is 3.30. The fourth-order valence-corrected chi connectivity index (χ4v) is 2.10. The normalized spacial score (nSPS) is 11.7. The van der Waals surface area contributed by atoms with Gasteiger partial charge in [-0.25, -0.2) is 0 Å². The van der Waals surface area contributed by atoms with Crippen LogP contribution >= 0.6 is 15.9 Å². The van der Waals surface area contributed by atoms with Crippen molar-refractivity contribution in [1.29, 1.82) is 5.26 Å². The summed E-state index contributed by atoms with van der Waals surface area (Å²) in [5.74, 6) is -0.248. The summed E-state index contributed by atoms with van der Waals surface area (Å²) in [4.78, 5) is 12.0. The number of hydrogen-bond acceptors (Lipinski definition) is 3. The largest absolute Gasteiger partial charge is 0.330 e. The third kappa shape index (κ3) is 3.83. The predicted molar refractivity (Wildman–Crippen MR) is 74.9 cm³/mol. The van der Waals surface area contributed by atoms with E-state index in [-0.39, 0.29) is 11.8 Å². The molecule has 1 rings (SSSR count). The summed E-state index contributed by atoms with van der Waals surface area (Å²) in [5.41, 5.74) is 6.79. The molecular weight excluding hydrogens is 294 g/mol. The number of halogens is 1. The van der Waals surface area contributed by atoms with E-state index in [0.717, 1.165) is 12.8 Å².